The Kier molecular flexibility index (Phi) is 7.21. The minimum absolute atomic E-state index is 0.478. The Morgan fingerprint density at radius 1 is 1.24 bits per heavy atom. The van der Waals surface area contributed by atoms with Crippen molar-refractivity contribution in [3.8, 4) is 0 Å². The molecule has 0 spiro atoms. The van der Waals surface area contributed by atoms with Gasteiger partial charge in [-0.25, -0.2) is 0 Å². The maximum Gasteiger partial charge on any atom is 0.0332 e. The Hall–Kier alpha value is -0.380. The zero-order valence-electron chi connectivity index (χ0n) is 13.4. The van der Waals surface area contributed by atoms with Gasteiger partial charge in [0.05, 0.1) is 0 Å². The summed E-state index contributed by atoms with van der Waals surface area (Å²) in [6.07, 6.45) is 5.27. The smallest absolute Gasteiger partial charge is 0.0332 e. The SMILES string of the molecule is CCCNC(CCN(CC)CC1CC1)c1ccc(Br)cc1. The Balaban J connectivity index is 1.89. The molecule has 0 aliphatic heterocycles. The number of hydrogen-bond donors (Lipinski definition) is 1. The molecule has 3 heteroatoms. The number of halogens is 1. The molecular weight excluding hydrogens is 324 g/mol. The molecule has 1 N–H and O–H groups in total. The van der Waals surface area contributed by atoms with Crippen molar-refractivity contribution < 1.29 is 0 Å². The van der Waals surface area contributed by atoms with Crippen LogP contribution in [-0.4, -0.2) is 31.1 Å². The number of hydrogen-bond acceptors (Lipinski definition) is 2. The molecule has 0 amide bonds. The largest absolute Gasteiger partial charge is 0.310 e. The lowest BCUT2D eigenvalue weighted by Gasteiger charge is -2.25. The predicted molar refractivity (Wildman–Crippen MR) is 94.6 cm³/mol. The third-order valence-electron chi connectivity index (χ3n) is 4.31. The van der Waals surface area contributed by atoms with Crippen molar-refractivity contribution in [3.05, 3.63) is 34.3 Å². The Morgan fingerprint density at radius 3 is 2.52 bits per heavy atom. The molecular formula is C18H29BrN2. The lowest BCUT2D eigenvalue weighted by atomic mass is 10.0. The Morgan fingerprint density at radius 2 is 1.95 bits per heavy atom. The van der Waals surface area contributed by atoms with E-state index in [9.17, 15) is 0 Å². The fraction of sp³-hybridized carbons (Fsp3) is 0.667. The zero-order valence-corrected chi connectivity index (χ0v) is 15.0. The van der Waals surface area contributed by atoms with Crippen LogP contribution in [0, 0.1) is 5.92 Å². The highest BCUT2D eigenvalue weighted by Gasteiger charge is 2.24. The summed E-state index contributed by atoms with van der Waals surface area (Å²) in [4.78, 5) is 2.62. The van der Waals surface area contributed by atoms with Crippen molar-refractivity contribution in [2.45, 2.75) is 45.6 Å². The molecule has 21 heavy (non-hydrogen) atoms. The van der Waals surface area contributed by atoms with Crippen LogP contribution in [0.15, 0.2) is 28.7 Å². The average Bonchev–Trinajstić information content (AvgIpc) is 3.31. The van der Waals surface area contributed by atoms with Crippen LogP contribution in [0.25, 0.3) is 0 Å². The van der Waals surface area contributed by atoms with Gasteiger partial charge in [-0.15, -0.1) is 0 Å². The molecule has 1 saturated carbocycles. The quantitative estimate of drug-likeness (QED) is 0.661. The summed E-state index contributed by atoms with van der Waals surface area (Å²) in [6, 6.07) is 9.27. The van der Waals surface area contributed by atoms with Crippen molar-refractivity contribution in [2.75, 3.05) is 26.2 Å². The van der Waals surface area contributed by atoms with E-state index in [2.05, 4.69) is 64.3 Å². The van der Waals surface area contributed by atoms with Gasteiger partial charge < -0.3 is 10.2 Å². The second kappa shape index (κ2) is 8.92. The molecule has 1 aromatic rings. The van der Waals surface area contributed by atoms with E-state index in [1.807, 2.05) is 0 Å². The molecule has 1 aliphatic rings. The molecule has 0 heterocycles. The van der Waals surface area contributed by atoms with Crippen LogP contribution in [0.1, 0.15) is 51.1 Å². The fourth-order valence-corrected chi connectivity index (χ4v) is 3.02. The lowest BCUT2D eigenvalue weighted by Crippen LogP contribution is -2.31. The van der Waals surface area contributed by atoms with Crippen LogP contribution in [0.4, 0.5) is 0 Å². The molecule has 0 bridgehead atoms. The topological polar surface area (TPSA) is 15.3 Å². The molecule has 1 atom stereocenters. The predicted octanol–water partition coefficient (Wildman–Crippen LogP) is 4.61. The van der Waals surface area contributed by atoms with Gasteiger partial charge >= 0.3 is 0 Å². The minimum Gasteiger partial charge on any atom is -0.310 e. The second-order valence-corrected chi connectivity index (χ2v) is 7.10. The van der Waals surface area contributed by atoms with Gasteiger partial charge in [0.1, 0.15) is 0 Å². The van der Waals surface area contributed by atoms with Gasteiger partial charge in [0.15, 0.2) is 0 Å². The first kappa shape index (κ1) is 17.0. The number of benzene rings is 1. The molecule has 1 aliphatic carbocycles. The van der Waals surface area contributed by atoms with E-state index in [-0.39, 0.29) is 0 Å². The third kappa shape index (κ3) is 6.09. The molecule has 1 unspecified atom stereocenters. The van der Waals surface area contributed by atoms with E-state index in [4.69, 9.17) is 0 Å². The van der Waals surface area contributed by atoms with E-state index in [1.54, 1.807) is 0 Å². The molecule has 2 nitrogen and oxygen atoms in total. The van der Waals surface area contributed by atoms with Crippen LogP contribution in [0.2, 0.25) is 0 Å². The van der Waals surface area contributed by atoms with E-state index in [0.29, 0.717) is 6.04 Å². The highest BCUT2D eigenvalue weighted by atomic mass is 79.9. The molecule has 0 radical (unpaired) electrons. The third-order valence-corrected chi connectivity index (χ3v) is 4.84. The monoisotopic (exact) mass is 352 g/mol. The van der Waals surface area contributed by atoms with Gasteiger partial charge in [-0.2, -0.15) is 0 Å². The van der Waals surface area contributed by atoms with Gasteiger partial charge in [-0.3, -0.25) is 0 Å². The van der Waals surface area contributed by atoms with Crippen LogP contribution < -0.4 is 5.32 Å². The second-order valence-electron chi connectivity index (χ2n) is 6.18. The van der Waals surface area contributed by atoms with Crippen molar-refractivity contribution in [1.29, 1.82) is 0 Å². The molecule has 0 saturated heterocycles. The molecule has 0 aromatic heterocycles. The van der Waals surface area contributed by atoms with Gasteiger partial charge in [0.2, 0.25) is 0 Å². The summed E-state index contributed by atoms with van der Waals surface area (Å²) in [5.41, 5.74) is 1.41. The summed E-state index contributed by atoms with van der Waals surface area (Å²) in [5.74, 6) is 0.986. The summed E-state index contributed by atoms with van der Waals surface area (Å²) in [6.45, 7) is 9.29. The van der Waals surface area contributed by atoms with E-state index in [1.165, 1.54) is 50.9 Å². The van der Waals surface area contributed by atoms with Crippen molar-refractivity contribution >= 4 is 15.9 Å². The standard InChI is InChI=1S/C18H29BrN2/c1-3-12-20-18(16-7-9-17(19)10-8-16)11-13-21(4-2)14-15-5-6-15/h7-10,15,18,20H,3-6,11-14H2,1-2H3. The maximum absolute atomic E-state index is 3.71. The highest BCUT2D eigenvalue weighted by molar-refractivity contribution is 9.10. The molecule has 2 rings (SSSR count). The van der Waals surface area contributed by atoms with Crippen LogP contribution >= 0.6 is 15.9 Å². The summed E-state index contributed by atoms with van der Waals surface area (Å²) in [7, 11) is 0. The van der Waals surface area contributed by atoms with Crippen LogP contribution in [0.5, 0.6) is 0 Å². The summed E-state index contributed by atoms with van der Waals surface area (Å²) < 4.78 is 1.16. The van der Waals surface area contributed by atoms with Gasteiger partial charge in [-0.05, 0) is 68.9 Å². The minimum atomic E-state index is 0.478. The highest BCUT2D eigenvalue weighted by Crippen LogP contribution is 2.30. The molecule has 1 aromatic carbocycles. The van der Waals surface area contributed by atoms with Gasteiger partial charge in [-0.1, -0.05) is 41.9 Å². The summed E-state index contributed by atoms with van der Waals surface area (Å²) in [5, 5.41) is 3.71. The average molecular weight is 353 g/mol. The van der Waals surface area contributed by atoms with Crippen molar-refractivity contribution in [2.24, 2.45) is 5.92 Å². The van der Waals surface area contributed by atoms with Crippen LogP contribution in [-0.2, 0) is 0 Å². The van der Waals surface area contributed by atoms with E-state index < -0.39 is 0 Å². The first-order chi connectivity index (χ1) is 10.2. The van der Waals surface area contributed by atoms with Crippen LogP contribution in [0.3, 0.4) is 0 Å². The number of nitrogens with one attached hydrogen (secondary N) is 1. The Bertz CT molecular complexity index is 400. The lowest BCUT2D eigenvalue weighted by molar-refractivity contribution is 0.259. The maximum atomic E-state index is 3.71. The number of rotatable bonds is 10. The first-order valence-corrected chi connectivity index (χ1v) is 9.23. The first-order valence-electron chi connectivity index (χ1n) is 8.44. The fourth-order valence-electron chi connectivity index (χ4n) is 2.76. The molecule has 1 fully saturated rings. The summed E-state index contributed by atoms with van der Waals surface area (Å²) >= 11 is 3.53. The normalized spacial score (nSPS) is 16.4. The number of nitrogens with zero attached hydrogens (tertiary/aromatic N) is 1. The van der Waals surface area contributed by atoms with Gasteiger partial charge in [0, 0.05) is 17.1 Å². The molecule has 118 valence electrons. The van der Waals surface area contributed by atoms with E-state index in [0.717, 1.165) is 16.9 Å². The van der Waals surface area contributed by atoms with E-state index >= 15 is 0 Å². The van der Waals surface area contributed by atoms with Crippen molar-refractivity contribution in [3.63, 3.8) is 0 Å². The Labute approximate surface area is 138 Å². The van der Waals surface area contributed by atoms with Crippen molar-refractivity contribution in [1.82, 2.24) is 10.2 Å². The van der Waals surface area contributed by atoms with Gasteiger partial charge in [0.25, 0.3) is 0 Å². The zero-order chi connectivity index (χ0) is 15.1.